The van der Waals surface area contributed by atoms with Crippen molar-refractivity contribution in [3.63, 3.8) is 0 Å². The van der Waals surface area contributed by atoms with Gasteiger partial charge in [-0.05, 0) is 43.3 Å². The maximum Gasteiger partial charge on any atom is 0.416 e. The third kappa shape index (κ3) is 3.56. The van der Waals surface area contributed by atoms with Gasteiger partial charge in [-0.25, -0.2) is 14.8 Å². The highest BCUT2D eigenvalue weighted by molar-refractivity contribution is 6.05. The van der Waals surface area contributed by atoms with Gasteiger partial charge in [0.25, 0.3) is 0 Å². The first-order chi connectivity index (χ1) is 15.7. The van der Waals surface area contributed by atoms with Gasteiger partial charge < -0.3 is 10.0 Å². The van der Waals surface area contributed by atoms with Crippen LogP contribution in [0.1, 0.15) is 12.5 Å². The van der Waals surface area contributed by atoms with Crippen molar-refractivity contribution in [1.82, 2.24) is 9.97 Å². The molecule has 1 fully saturated rings. The Kier molecular flexibility index (Phi) is 4.78. The van der Waals surface area contributed by atoms with Gasteiger partial charge in [0, 0.05) is 24.8 Å². The minimum atomic E-state index is -4.48. The van der Waals surface area contributed by atoms with Crippen molar-refractivity contribution in [1.29, 1.82) is 0 Å². The molecule has 2 aromatic heterocycles. The number of halogens is 3. The number of carbonyl (C=O) groups is 1. The first-order valence-electron chi connectivity index (χ1n) is 10.3. The molecule has 2 N–H and O–H groups in total. The predicted octanol–water partition coefficient (Wildman–Crippen LogP) is 4.15. The summed E-state index contributed by atoms with van der Waals surface area (Å²) in [5.41, 5.74) is -0.579. The van der Waals surface area contributed by atoms with Crippen molar-refractivity contribution in [2.45, 2.75) is 24.7 Å². The van der Waals surface area contributed by atoms with Crippen molar-refractivity contribution in [2.24, 2.45) is 0 Å². The molecule has 0 aliphatic carbocycles. The average Bonchev–Trinajstić information content (AvgIpc) is 3.04. The monoisotopic (exact) mass is 455 g/mol. The minimum absolute atomic E-state index is 0.267. The van der Waals surface area contributed by atoms with E-state index in [1.54, 1.807) is 37.3 Å². The third-order valence-electron chi connectivity index (χ3n) is 6.13. The number of carbonyl (C=O) groups excluding carboxylic acids is 1. The number of fused-ring (bicyclic) bond motifs is 4. The van der Waals surface area contributed by atoms with Gasteiger partial charge in [-0.3, -0.25) is 10.2 Å². The number of hydrogen-bond donors (Lipinski definition) is 2. The summed E-state index contributed by atoms with van der Waals surface area (Å²) in [5, 5.41) is 13.5. The molecule has 7 nitrogen and oxygen atoms in total. The molecule has 2 bridgehead atoms. The summed E-state index contributed by atoms with van der Waals surface area (Å²) in [4.78, 5) is 25.4. The lowest BCUT2D eigenvalue weighted by Crippen LogP contribution is -2.60. The lowest BCUT2D eigenvalue weighted by Gasteiger charge is -2.43. The number of aromatic nitrogens is 2. The highest BCUT2D eigenvalue weighted by Crippen LogP contribution is 2.45. The summed E-state index contributed by atoms with van der Waals surface area (Å²) < 4.78 is 39.6. The van der Waals surface area contributed by atoms with E-state index in [9.17, 15) is 23.1 Å². The van der Waals surface area contributed by atoms with E-state index in [1.165, 1.54) is 23.2 Å². The van der Waals surface area contributed by atoms with Crippen LogP contribution in [0.3, 0.4) is 0 Å². The van der Waals surface area contributed by atoms with E-state index < -0.39 is 29.4 Å². The van der Waals surface area contributed by atoms with Crippen molar-refractivity contribution < 1.29 is 23.1 Å². The van der Waals surface area contributed by atoms with Crippen LogP contribution in [-0.2, 0) is 6.18 Å². The Hall–Kier alpha value is -3.66. The molecular weight excluding hydrogens is 435 g/mol. The molecule has 2 atom stereocenters. The van der Waals surface area contributed by atoms with Crippen molar-refractivity contribution in [3.8, 4) is 11.3 Å². The Balaban J connectivity index is 1.59. The Morgan fingerprint density at radius 1 is 1.18 bits per heavy atom. The van der Waals surface area contributed by atoms with Gasteiger partial charge in [-0.1, -0.05) is 18.2 Å². The van der Waals surface area contributed by atoms with Gasteiger partial charge in [0.1, 0.15) is 5.82 Å². The zero-order valence-corrected chi connectivity index (χ0v) is 17.5. The van der Waals surface area contributed by atoms with Gasteiger partial charge in [0.05, 0.1) is 28.6 Å². The summed E-state index contributed by atoms with van der Waals surface area (Å²) in [6, 6.07) is 12.8. The molecule has 4 heterocycles. The summed E-state index contributed by atoms with van der Waals surface area (Å²) in [6.07, 6.45) is -3.79. The molecule has 170 valence electrons. The van der Waals surface area contributed by atoms with E-state index in [0.29, 0.717) is 24.6 Å². The maximum atomic E-state index is 13.4. The molecule has 2 amide bonds. The zero-order chi connectivity index (χ0) is 23.4. The number of aliphatic hydroxyl groups excluding tert-OH is 1. The number of rotatable bonds is 2. The Morgan fingerprint density at radius 2 is 2.00 bits per heavy atom. The molecule has 10 heteroatoms. The van der Waals surface area contributed by atoms with E-state index in [0.717, 1.165) is 12.1 Å². The van der Waals surface area contributed by atoms with Crippen LogP contribution in [0.2, 0.25) is 0 Å². The fraction of sp³-hybridized carbons (Fsp3) is 0.261. The van der Waals surface area contributed by atoms with Crippen LogP contribution in [-0.4, -0.2) is 45.8 Å². The summed E-state index contributed by atoms with van der Waals surface area (Å²) in [7, 11) is 0. The molecule has 0 unspecified atom stereocenters. The fourth-order valence-electron chi connectivity index (χ4n) is 4.41. The number of pyridine rings is 2. The predicted molar refractivity (Wildman–Crippen MR) is 117 cm³/mol. The number of aliphatic hydroxyl groups is 1. The second kappa shape index (κ2) is 7.45. The Labute approximate surface area is 187 Å². The van der Waals surface area contributed by atoms with Crippen LogP contribution in [0.15, 0.2) is 60.8 Å². The zero-order valence-electron chi connectivity index (χ0n) is 17.5. The van der Waals surface area contributed by atoms with E-state index in [2.05, 4.69) is 15.3 Å². The van der Waals surface area contributed by atoms with Gasteiger partial charge in [-0.2, -0.15) is 13.2 Å². The molecule has 3 aromatic rings. The van der Waals surface area contributed by atoms with Crippen LogP contribution in [0.4, 0.5) is 35.3 Å². The van der Waals surface area contributed by atoms with E-state index in [-0.39, 0.29) is 17.1 Å². The molecular formula is C23H20F3N5O2. The van der Waals surface area contributed by atoms with Gasteiger partial charge in [0.15, 0.2) is 5.82 Å². The van der Waals surface area contributed by atoms with Gasteiger partial charge >= 0.3 is 12.2 Å². The Bertz CT molecular complexity index is 1220. The molecule has 5 rings (SSSR count). The number of nitrogens with one attached hydrogen (secondary N) is 1. The lowest BCUT2D eigenvalue weighted by molar-refractivity contribution is -0.137. The average molecular weight is 455 g/mol. The standard InChI is InChI=1S/C23H20F3N5O2/c1-22-13-30(12-18(22)32)17-9-8-16(14-5-4-6-15(11-14)23(24,25)26)28-20(17)31(22)21(33)29-19-7-2-3-10-27-19/h2-11,18,32H,12-13H2,1H3,(H,27,29,33)/t18-,22+/m0/s1. The molecule has 2 aliphatic heterocycles. The van der Waals surface area contributed by atoms with Gasteiger partial charge in [-0.15, -0.1) is 0 Å². The number of alkyl halides is 3. The van der Waals surface area contributed by atoms with Crippen LogP contribution in [0, 0.1) is 0 Å². The molecule has 0 spiro atoms. The molecule has 1 aromatic carbocycles. The van der Waals surface area contributed by atoms with Crippen LogP contribution >= 0.6 is 0 Å². The van der Waals surface area contributed by atoms with Crippen LogP contribution in [0.25, 0.3) is 11.3 Å². The quantitative estimate of drug-likeness (QED) is 0.607. The minimum Gasteiger partial charge on any atom is -0.389 e. The van der Waals surface area contributed by atoms with E-state index >= 15 is 0 Å². The molecule has 33 heavy (non-hydrogen) atoms. The van der Waals surface area contributed by atoms with Crippen LogP contribution < -0.4 is 15.1 Å². The third-order valence-corrected chi connectivity index (χ3v) is 6.13. The first kappa shape index (κ1) is 21.2. The second-order valence-electron chi connectivity index (χ2n) is 8.35. The second-order valence-corrected chi connectivity index (χ2v) is 8.35. The van der Waals surface area contributed by atoms with Crippen LogP contribution in [0.5, 0.6) is 0 Å². The van der Waals surface area contributed by atoms with Crippen molar-refractivity contribution in [2.75, 3.05) is 28.2 Å². The number of hydrogen-bond acceptors (Lipinski definition) is 5. The smallest absolute Gasteiger partial charge is 0.389 e. The molecule has 0 radical (unpaired) electrons. The molecule has 0 saturated carbocycles. The highest BCUT2D eigenvalue weighted by Gasteiger charge is 2.54. The van der Waals surface area contributed by atoms with Gasteiger partial charge in [0.2, 0.25) is 0 Å². The number of amides is 2. The number of anilines is 3. The van der Waals surface area contributed by atoms with E-state index in [1.807, 2.05) is 4.90 Å². The van der Waals surface area contributed by atoms with E-state index in [4.69, 9.17) is 0 Å². The maximum absolute atomic E-state index is 13.4. The molecule has 1 saturated heterocycles. The SMILES string of the molecule is C[C@@]12CN(C[C@@H]1O)c1ccc(-c3cccc(C(F)(F)F)c3)nc1N2C(=O)Nc1ccccn1. The largest absolute Gasteiger partial charge is 0.416 e. The van der Waals surface area contributed by atoms with Crippen molar-refractivity contribution >= 4 is 23.4 Å². The number of benzene rings is 1. The lowest BCUT2D eigenvalue weighted by atomic mass is 9.94. The first-order valence-corrected chi connectivity index (χ1v) is 10.3. The summed E-state index contributed by atoms with van der Waals surface area (Å²) >= 11 is 0. The Morgan fingerprint density at radius 3 is 2.73 bits per heavy atom. The number of nitrogens with zero attached hydrogens (tertiary/aromatic N) is 4. The number of urea groups is 1. The molecule has 2 aliphatic rings. The summed E-state index contributed by atoms with van der Waals surface area (Å²) in [5.74, 6) is 0.597. The summed E-state index contributed by atoms with van der Waals surface area (Å²) in [6.45, 7) is 2.46. The highest BCUT2D eigenvalue weighted by atomic mass is 19.4. The normalized spacial score (nSPS) is 21.7. The fourth-order valence-corrected chi connectivity index (χ4v) is 4.41. The topological polar surface area (TPSA) is 81.6 Å². The van der Waals surface area contributed by atoms with Crippen molar-refractivity contribution in [3.05, 3.63) is 66.4 Å².